The highest BCUT2D eigenvalue weighted by molar-refractivity contribution is 6.29. The van der Waals surface area contributed by atoms with Crippen LogP contribution in [-0.4, -0.2) is 27.4 Å². The van der Waals surface area contributed by atoms with Crippen LogP contribution in [0.25, 0.3) is 172 Å². The third-order valence-electron chi connectivity index (χ3n) is 19.7. The zero-order valence-corrected chi connectivity index (χ0v) is 53.3. The predicted molar refractivity (Wildman–Crippen MR) is 415 cm³/mol. The molecule has 20 rings (SSSR count). The molecule has 0 bridgehead atoms. The first-order valence-corrected chi connectivity index (χ1v) is 33.1. The van der Waals surface area contributed by atoms with E-state index in [0.29, 0.717) is 0 Å². The van der Waals surface area contributed by atoms with Crippen molar-refractivity contribution in [1.29, 1.82) is 0 Å². The molecule has 0 aliphatic rings. The lowest BCUT2D eigenvalue weighted by molar-refractivity contribution is 0.871. The first-order valence-electron chi connectivity index (χ1n) is 33.1. The lowest BCUT2D eigenvalue weighted by Crippen LogP contribution is -2.00. The maximum absolute atomic E-state index is 4.11. The van der Waals surface area contributed by atoms with E-state index in [1.54, 1.807) is 0 Å². The highest BCUT2D eigenvalue weighted by Crippen LogP contribution is 2.45. The van der Waals surface area contributed by atoms with E-state index in [0.717, 1.165) is 23.4 Å². The summed E-state index contributed by atoms with van der Waals surface area (Å²) in [5, 5.41) is 15.3. The van der Waals surface area contributed by atoms with Crippen LogP contribution in [-0.2, 0) is 6.54 Å². The average Bonchev–Trinajstić information content (AvgIpc) is 1.57. The fraction of sp³-hybridized carbons (Fsp3) is 0.0110. The molecule has 6 heterocycles. The van der Waals surface area contributed by atoms with Crippen LogP contribution < -0.4 is 0 Å². The van der Waals surface area contributed by atoms with Crippen molar-refractivity contribution in [3.8, 4) is 22.7 Å². The van der Waals surface area contributed by atoms with Crippen LogP contribution in [0.5, 0.6) is 0 Å². The van der Waals surface area contributed by atoms with Crippen LogP contribution in [0.4, 0.5) is 0 Å². The Labute approximate surface area is 560 Å². The van der Waals surface area contributed by atoms with Crippen molar-refractivity contribution >= 4 is 149 Å². The average molecular weight is 1240 g/mol. The summed E-state index contributed by atoms with van der Waals surface area (Å²) >= 11 is 0. The lowest BCUT2D eigenvalue weighted by atomic mass is 10.1. The zero-order valence-electron chi connectivity index (χ0n) is 53.3. The van der Waals surface area contributed by atoms with Gasteiger partial charge in [0, 0.05) is 106 Å². The van der Waals surface area contributed by atoms with Crippen LogP contribution in [0.3, 0.4) is 0 Å². The molecule has 0 radical (unpaired) electrons. The highest BCUT2D eigenvalue weighted by Gasteiger charge is 2.24. The molecule has 20 aromatic rings. The van der Waals surface area contributed by atoms with E-state index in [9.17, 15) is 0 Å². The summed E-state index contributed by atoms with van der Waals surface area (Å²) in [4.78, 5) is 0. The van der Waals surface area contributed by atoms with E-state index in [2.05, 4.69) is 369 Å². The minimum Gasteiger partial charge on any atom is -0.335 e. The van der Waals surface area contributed by atoms with Crippen LogP contribution in [0, 0.1) is 0 Å². The summed E-state index contributed by atoms with van der Waals surface area (Å²) in [5.74, 6) is 0. The van der Waals surface area contributed by atoms with Crippen LogP contribution >= 0.6 is 0 Å². The van der Waals surface area contributed by atoms with Gasteiger partial charge in [0.05, 0.1) is 60.7 Å². The Hall–Kier alpha value is -12.9. The van der Waals surface area contributed by atoms with Gasteiger partial charge < -0.3 is 27.4 Å². The molecule has 0 N–H and O–H groups in total. The fourth-order valence-electron chi connectivity index (χ4n) is 15.5. The van der Waals surface area contributed by atoms with Gasteiger partial charge in [-0.15, -0.1) is 0 Å². The number of hydrogen-bond donors (Lipinski definition) is 0. The number of fused-ring (bicyclic) bond motifs is 21. The number of rotatable bonds is 9. The van der Waals surface area contributed by atoms with E-state index in [4.69, 9.17) is 0 Å². The molecule has 0 saturated heterocycles. The molecule has 0 aliphatic carbocycles. The summed E-state index contributed by atoms with van der Waals surface area (Å²) < 4.78 is 14.3. The number of nitrogens with zero attached hydrogens (tertiary/aromatic N) is 6. The minimum absolute atomic E-state index is 0.811. The van der Waals surface area contributed by atoms with Crippen LogP contribution in [0.15, 0.2) is 341 Å². The van der Waals surface area contributed by atoms with Crippen molar-refractivity contribution in [2.75, 3.05) is 0 Å². The second-order valence-corrected chi connectivity index (χ2v) is 24.9. The lowest BCUT2D eigenvalue weighted by Gasteiger charge is -2.10. The molecular formula is C91H64N6. The third-order valence-corrected chi connectivity index (χ3v) is 19.7. The molecule has 0 fully saturated rings. The second kappa shape index (κ2) is 23.3. The zero-order chi connectivity index (χ0) is 64.7. The topological polar surface area (TPSA) is 29.6 Å². The van der Waals surface area contributed by atoms with Gasteiger partial charge in [-0.05, 0) is 120 Å². The Kier molecular flexibility index (Phi) is 13.6. The number of hydrogen-bond acceptors (Lipinski definition) is 0. The summed E-state index contributed by atoms with van der Waals surface area (Å²) in [6.45, 7) is 12.7. The smallest absolute Gasteiger partial charge is 0.0641 e. The highest BCUT2D eigenvalue weighted by atomic mass is 15.0. The SMILES string of the molecule is C=Cc1ccc(-n2c3ccccc3c3ccc4c(c5ccccc5n4-c4ccccc4)c32)cc1.C=Cc1ccc(Cn2c3ccccc3c3ccc4c(c5ccccc5n4-c4ccccc4)c32)cc1.C=Cn1c2ccccc2c2ccc3c(c4ccccc4n3-c3ccccc3)c21. The fourth-order valence-corrected chi connectivity index (χ4v) is 15.5. The number of para-hydroxylation sites is 9. The number of benzene rings is 14. The van der Waals surface area contributed by atoms with E-state index >= 15 is 0 Å². The van der Waals surface area contributed by atoms with E-state index < -0.39 is 0 Å². The van der Waals surface area contributed by atoms with Crippen molar-refractivity contribution in [2.45, 2.75) is 6.54 Å². The first kappa shape index (κ1) is 56.8. The van der Waals surface area contributed by atoms with Crippen molar-refractivity contribution in [3.63, 3.8) is 0 Å². The maximum atomic E-state index is 4.11. The van der Waals surface area contributed by atoms with Gasteiger partial charge in [0.15, 0.2) is 0 Å². The van der Waals surface area contributed by atoms with Gasteiger partial charge >= 0.3 is 0 Å². The molecule has 458 valence electrons. The minimum atomic E-state index is 0.811. The molecule has 6 aromatic heterocycles. The van der Waals surface area contributed by atoms with Gasteiger partial charge in [-0.3, -0.25) is 0 Å². The molecule has 6 heteroatoms. The summed E-state index contributed by atoms with van der Waals surface area (Å²) in [5.41, 5.74) is 23.0. The first-order chi connectivity index (χ1) is 48.1. The molecule has 0 saturated carbocycles. The quantitative estimate of drug-likeness (QED) is 0.138. The van der Waals surface area contributed by atoms with Gasteiger partial charge in [-0.25, -0.2) is 0 Å². The van der Waals surface area contributed by atoms with Crippen molar-refractivity contribution < 1.29 is 0 Å². The van der Waals surface area contributed by atoms with Crippen LogP contribution in [0.2, 0.25) is 0 Å². The molecule has 0 amide bonds. The van der Waals surface area contributed by atoms with E-state index in [1.807, 2.05) is 18.4 Å². The van der Waals surface area contributed by atoms with E-state index in [-0.39, 0.29) is 0 Å². The normalized spacial score (nSPS) is 11.7. The molecule has 0 aliphatic heterocycles. The Bertz CT molecular complexity index is 6490. The second-order valence-electron chi connectivity index (χ2n) is 24.9. The van der Waals surface area contributed by atoms with Gasteiger partial charge in [-0.1, -0.05) is 250 Å². The Morgan fingerprint density at radius 1 is 0.227 bits per heavy atom. The van der Waals surface area contributed by atoms with Crippen molar-refractivity contribution in [3.05, 3.63) is 358 Å². The van der Waals surface area contributed by atoms with E-state index in [1.165, 1.54) is 153 Å². The Morgan fingerprint density at radius 2 is 0.546 bits per heavy atom. The third kappa shape index (κ3) is 9.02. The van der Waals surface area contributed by atoms with Crippen molar-refractivity contribution in [2.24, 2.45) is 0 Å². The standard InChI is InChI=1S/C33H24N2.C32H22N2.C26H18N2/c1-2-23-16-18-24(19-17-23)22-34-29-14-8-6-12-26(29)27-20-21-31-32(33(27)34)28-13-7-9-15-30(28)35(31)25-10-4-3-5-11-25;1-2-22-16-18-24(19-17-22)34-28-14-8-6-12-25(28)26-20-21-30-31(32(26)34)27-13-7-9-15-29(27)33(30)23-10-4-3-5-11-23;1-2-27-22-14-8-6-12-19(22)20-16-17-24-25(26(20)27)21-13-7-9-15-23(21)28(24)18-10-4-3-5-11-18/h2-21H,1,22H2;2-21H,1H2;2-17H,1H2. The molecular weight excluding hydrogens is 1180 g/mol. The largest absolute Gasteiger partial charge is 0.335 e. The Balaban J connectivity index is 0.000000106. The molecule has 0 spiro atoms. The maximum Gasteiger partial charge on any atom is 0.0641 e. The molecule has 0 atom stereocenters. The van der Waals surface area contributed by atoms with Crippen LogP contribution in [0.1, 0.15) is 16.7 Å². The number of aromatic nitrogens is 6. The molecule has 14 aromatic carbocycles. The Morgan fingerprint density at radius 3 is 0.990 bits per heavy atom. The predicted octanol–water partition coefficient (Wildman–Crippen LogP) is 24.1. The summed E-state index contributed by atoms with van der Waals surface area (Å²) in [6.07, 6.45) is 5.71. The van der Waals surface area contributed by atoms with Gasteiger partial charge in [0.2, 0.25) is 0 Å². The van der Waals surface area contributed by atoms with Gasteiger partial charge in [0.1, 0.15) is 0 Å². The molecule has 6 nitrogen and oxygen atoms in total. The van der Waals surface area contributed by atoms with Crippen molar-refractivity contribution in [1.82, 2.24) is 27.4 Å². The summed E-state index contributed by atoms with van der Waals surface area (Å²) in [6, 6.07) is 115. The summed E-state index contributed by atoms with van der Waals surface area (Å²) in [7, 11) is 0. The van der Waals surface area contributed by atoms with Gasteiger partial charge in [0.25, 0.3) is 0 Å². The monoisotopic (exact) mass is 1240 g/mol. The van der Waals surface area contributed by atoms with Gasteiger partial charge in [-0.2, -0.15) is 0 Å². The molecule has 97 heavy (non-hydrogen) atoms. The molecule has 0 unspecified atom stereocenters.